The zero-order chi connectivity index (χ0) is 21.0. The molecule has 0 N–H and O–H groups in total. The summed E-state index contributed by atoms with van der Waals surface area (Å²) >= 11 is 5.86. The molecule has 0 aliphatic rings. The Morgan fingerprint density at radius 3 is 2.10 bits per heavy atom. The van der Waals surface area contributed by atoms with E-state index in [1.165, 1.54) is 29.2 Å². The van der Waals surface area contributed by atoms with Gasteiger partial charge in [0.1, 0.15) is 12.4 Å². The van der Waals surface area contributed by atoms with Gasteiger partial charge in [0.2, 0.25) is 5.91 Å². The zero-order valence-corrected chi connectivity index (χ0v) is 17.1. The lowest BCUT2D eigenvalue weighted by molar-refractivity contribution is -0.116. The summed E-state index contributed by atoms with van der Waals surface area (Å²) in [5.74, 6) is -1.14. The molecular formula is C21H18ClFN2O3S. The minimum atomic E-state index is -4.09. The highest BCUT2D eigenvalue weighted by Crippen LogP contribution is 2.28. The van der Waals surface area contributed by atoms with E-state index in [0.29, 0.717) is 5.69 Å². The van der Waals surface area contributed by atoms with Crippen LogP contribution in [0, 0.1) is 5.82 Å². The Labute approximate surface area is 174 Å². The highest BCUT2D eigenvalue weighted by atomic mass is 35.5. The summed E-state index contributed by atoms with van der Waals surface area (Å²) < 4.78 is 41.0. The topological polar surface area (TPSA) is 57.7 Å². The zero-order valence-electron chi connectivity index (χ0n) is 15.5. The molecule has 0 heterocycles. The minimum Gasteiger partial charge on any atom is -0.314 e. The number of likely N-dealkylation sites (N-methyl/N-ethyl adjacent to an activating group) is 1. The van der Waals surface area contributed by atoms with Crippen LogP contribution in [0.5, 0.6) is 0 Å². The van der Waals surface area contributed by atoms with E-state index < -0.39 is 28.3 Å². The summed E-state index contributed by atoms with van der Waals surface area (Å²) in [5, 5.41) is -0.236. The van der Waals surface area contributed by atoms with Gasteiger partial charge in [0.05, 0.1) is 15.6 Å². The number of rotatable bonds is 6. The largest absolute Gasteiger partial charge is 0.314 e. The van der Waals surface area contributed by atoms with Gasteiger partial charge in [0, 0.05) is 12.7 Å². The van der Waals surface area contributed by atoms with Crippen LogP contribution in [-0.2, 0) is 14.8 Å². The SMILES string of the molecule is CN(C(=O)CN(c1ccc(F)c(Cl)c1)S(=O)(=O)c1ccccc1)c1ccccc1. The summed E-state index contributed by atoms with van der Waals surface area (Å²) in [6.07, 6.45) is 0. The molecule has 3 aromatic rings. The second kappa shape index (κ2) is 8.63. The number of carbonyl (C=O) groups is 1. The molecule has 3 rings (SSSR count). The maximum atomic E-state index is 13.6. The third kappa shape index (κ3) is 4.58. The van der Waals surface area contributed by atoms with Crippen LogP contribution in [0.3, 0.4) is 0 Å². The summed E-state index contributed by atoms with van der Waals surface area (Å²) in [6, 6.07) is 20.1. The number of amides is 1. The molecule has 0 aliphatic heterocycles. The number of hydrogen-bond acceptors (Lipinski definition) is 3. The van der Waals surface area contributed by atoms with Gasteiger partial charge >= 0.3 is 0 Å². The molecule has 0 aliphatic carbocycles. The fourth-order valence-electron chi connectivity index (χ4n) is 2.70. The lowest BCUT2D eigenvalue weighted by Gasteiger charge is -2.27. The van der Waals surface area contributed by atoms with Crippen LogP contribution in [0.25, 0.3) is 0 Å². The van der Waals surface area contributed by atoms with Crippen molar-refractivity contribution in [3.63, 3.8) is 0 Å². The van der Waals surface area contributed by atoms with Crippen molar-refractivity contribution in [2.45, 2.75) is 4.90 Å². The average molecular weight is 433 g/mol. The number of sulfonamides is 1. The summed E-state index contributed by atoms with van der Waals surface area (Å²) in [5.41, 5.74) is 0.710. The van der Waals surface area contributed by atoms with E-state index in [2.05, 4.69) is 0 Å². The van der Waals surface area contributed by atoms with Crippen molar-refractivity contribution in [2.75, 3.05) is 22.8 Å². The Kier molecular flexibility index (Phi) is 6.20. The van der Waals surface area contributed by atoms with Crippen molar-refractivity contribution >= 4 is 38.9 Å². The molecule has 0 unspecified atom stereocenters. The van der Waals surface area contributed by atoms with Crippen LogP contribution in [0.1, 0.15) is 0 Å². The molecule has 29 heavy (non-hydrogen) atoms. The van der Waals surface area contributed by atoms with Gasteiger partial charge in [0.25, 0.3) is 10.0 Å². The molecule has 5 nitrogen and oxygen atoms in total. The maximum absolute atomic E-state index is 13.6. The number of para-hydroxylation sites is 1. The Hall–Kier alpha value is -2.90. The van der Waals surface area contributed by atoms with Gasteiger partial charge in [-0.3, -0.25) is 9.10 Å². The van der Waals surface area contributed by atoms with Crippen molar-refractivity contribution < 1.29 is 17.6 Å². The Morgan fingerprint density at radius 2 is 1.52 bits per heavy atom. The first-order valence-electron chi connectivity index (χ1n) is 8.65. The molecule has 0 fully saturated rings. The summed E-state index contributed by atoms with van der Waals surface area (Å²) in [4.78, 5) is 14.2. The molecule has 1 amide bonds. The molecule has 150 valence electrons. The first-order chi connectivity index (χ1) is 13.8. The normalized spacial score (nSPS) is 11.1. The van der Waals surface area contributed by atoms with Crippen LogP contribution >= 0.6 is 11.6 Å². The van der Waals surface area contributed by atoms with Crippen LogP contribution in [0.15, 0.2) is 83.8 Å². The maximum Gasteiger partial charge on any atom is 0.264 e. The Morgan fingerprint density at radius 1 is 0.931 bits per heavy atom. The predicted molar refractivity (Wildman–Crippen MR) is 112 cm³/mol. The molecule has 0 aromatic heterocycles. The standard InChI is InChI=1S/C21H18ClFN2O3S/c1-24(16-8-4-2-5-9-16)21(26)15-25(17-12-13-20(23)19(22)14-17)29(27,28)18-10-6-3-7-11-18/h2-14H,15H2,1H3. The van der Waals surface area contributed by atoms with E-state index in [0.717, 1.165) is 10.4 Å². The third-order valence-corrected chi connectivity index (χ3v) is 6.40. The van der Waals surface area contributed by atoms with Crippen LogP contribution in [-0.4, -0.2) is 27.9 Å². The van der Waals surface area contributed by atoms with E-state index in [-0.39, 0.29) is 15.6 Å². The highest BCUT2D eigenvalue weighted by Gasteiger charge is 2.29. The number of anilines is 2. The van der Waals surface area contributed by atoms with Gasteiger partial charge in [-0.1, -0.05) is 48.0 Å². The molecule has 0 spiro atoms. The molecule has 0 radical (unpaired) electrons. The first kappa shape index (κ1) is 20.8. The molecule has 0 saturated carbocycles. The molecular weight excluding hydrogens is 415 g/mol. The molecule has 0 saturated heterocycles. The van der Waals surface area contributed by atoms with Crippen molar-refractivity contribution in [1.82, 2.24) is 0 Å². The predicted octanol–water partition coefficient (Wildman–Crippen LogP) is 4.34. The van der Waals surface area contributed by atoms with Crippen molar-refractivity contribution in [2.24, 2.45) is 0 Å². The number of nitrogens with zero attached hydrogens (tertiary/aromatic N) is 2. The van der Waals surface area contributed by atoms with Crippen LogP contribution < -0.4 is 9.21 Å². The van der Waals surface area contributed by atoms with Gasteiger partial charge in [-0.25, -0.2) is 12.8 Å². The van der Waals surface area contributed by atoms with E-state index >= 15 is 0 Å². The quantitative estimate of drug-likeness (QED) is 0.582. The van der Waals surface area contributed by atoms with Gasteiger partial charge in [-0.05, 0) is 42.5 Å². The van der Waals surface area contributed by atoms with Gasteiger partial charge < -0.3 is 4.90 Å². The number of carbonyl (C=O) groups excluding carboxylic acids is 1. The molecule has 0 atom stereocenters. The fourth-order valence-corrected chi connectivity index (χ4v) is 4.30. The smallest absolute Gasteiger partial charge is 0.264 e. The van der Waals surface area contributed by atoms with E-state index in [4.69, 9.17) is 11.6 Å². The average Bonchev–Trinajstić information content (AvgIpc) is 2.74. The first-order valence-corrected chi connectivity index (χ1v) is 10.5. The second-order valence-corrected chi connectivity index (χ2v) is 8.48. The number of benzene rings is 3. The Balaban J connectivity index is 2.01. The lowest BCUT2D eigenvalue weighted by atomic mass is 10.3. The van der Waals surface area contributed by atoms with E-state index in [1.807, 2.05) is 6.07 Å². The van der Waals surface area contributed by atoms with Crippen molar-refractivity contribution in [1.29, 1.82) is 0 Å². The van der Waals surface area contributed by atoms with Gasteiger partial charge in [-0.15, -0.1) is 0 Å². The monoisotopic (exact) mass is 432 g/mol. The van der Waals surface area contributed by atoms with Crippen molar-refractivity contribution in [3.8, 4) is 0 Å². The third-order valence-electron chi connectivity index (χ3n) is 4.32. The van der Waals surface area contributed by atoms with Crippen LogP contribution in [0.4, 0.5) is 15.8 Å². The lowest BCUT2D eigenvalue weighted by Crippen LogP contribution is -2.41. The van der Waals surface area contributed by atoms with E-state index in [9.17, 15) is 17.6 Å². The fraction of sp³-hybridized carbons (Fsp3) is 0.0952. The van der Waals surface area contributed by atoms with E-state index in [1.54, 1.807) is 49.5 Å². The van der Waals surface area contributed by atoms with Gasteiger partial charge in [0.15, 0.2) is 0 Å². The second-order valence-electron chi connectivity index (χ2n) is 6.21. The number of hydrogen-bond donors (Lipinski definition) is 0. The summed E-state index contributed by atoms with van der Waals surface area (Å²) in [7, 11) is -2.53. The van der Waals surface area contributed by atoms with Crippen LogP contribution in [0.2, 0.25) is 5.02 Å². The van der Waals surface area contributed by atoms with Gasteiger partial charge in [-0.2, -0.15) is 0 Å². The minimum absolute atomic E-state index is 0.00983. The highest BCUT2D eigenvalue weighted by molar-refractivity contribution is 7.92. The Bertz CT molecular complexity index is 1110. The van der Waals surface area contributed by atoms with Crippen molar-refractivity contribution in [3.05, 3.63) is 89.7 Å². The molecule has 3 aromatic carbocycles. The molecule has 8 heteroatoms. The summed E-state index contributed by atoms with van der Waals surface area (Å²) in [6.45, 7) is -0.482. The number of halogens is 2. The molecule has 0 bridgehead atoms.